The van der Waals surface area contributed by atoms with Gasteiger partial charge in [-0.2, -0.15) is 0 Å². The second kappa shape index (κ2) is 8.29. The Hall–Kier alpha value is -2.80. The van der Waals surface area contributed by atoms with Crippen LogP contribution in [0.5, 0.6) is 5.75 Å². The highest BCUT2D eigenvalue weighted by Crippen LogP contribution is 2.27. The second-order valence-corrected chi connectivity index (χ2v) is 8.33. The van der Waals surface area contributed by atoms with Gasteiger partial charge in [-0.15, -0.1) is 0 Å². The van der Waals surface area contributed by atoms with Crippen LogP contribution in [0, 0.1) is 0 Å². The molecule has 1 unspecified atom stereocenters. The zero-order valence-electron chi connectivity index (χ0n) is 16.4. The summed E-state index contributed by atoms with van der Waals surface area (Å²) < 4.78 is 7.08. The first-order chi connectivity index (χ1) is 14.1. The summed E-state index contributed by atoms with van der Waals surface area (Å²) >= 11 is 1.29. The number of fused-ring (bicyclic) bond motifs is 1. The highest BCUT2D eigenvalue weighted by molar-refractivity contribution is 8.00. The lowest BCUT2D eigenvalue weighted by atomic mass is 10.2. The summed E-state index contributed by atoms with van der Waals surface area (Å²) in [5.41, 5.74) is 1.16. The molecule has 0 spiro atoms. The minimum Gasteiger partial charge on any atom is -0.494 e. The van der Waals surface area contributed by atoms with Crippen LogP contribution in [-0.2, 0) is 4.79 Å². The summed E-state index contributed by atoms with van der Waals surface area (Å²) in [4.78, 5) is 30.4. The van der Waals surface area contributed by atoms with E-state index in [0.29, 0.717) is 34.4 Å². The van der Waals surface area contributed by atoms with Crippen molar-refractivity contribution in [1.29, 1.82) is 0 Å². The number of nitrogens with one attached hydrogen (secondary N) is 1. The summed E-state index contributed by atoms with van der Waals surface area (Å²) in [6.45, 7) is 4.34. The van der Waals surface area contributed by atoms with E-state index in [1.165, 1.54) is 11.8 Å². The maximum absolute atomic E-state index is 13.3. The van der Waals surface area contributed by atoms with Crippen LogP contribution in [-0.4, -0.2) is 33.4 Å². The fourth-order valence-corrected chi connectivity index (χ4v) is 3.97. The zero-order chi connectivity index (χ0) is 20.4. The number of para-hydroxylation sites is 1. The van der Waals surface area contributed by atoms with Crippen molar-refractivity contribution in [2.24, 2.45) is 0 Å². The van der Waals surface area contributed by atoms with Gasteiger partial charge in [-0.3, -0.25) is 14.2 Å². The average Bonchev–Trinajstić information content (AvgIpc) is 3.53. The number of carbonyl (C=O) groups is 1. The summed E-state index contributed by atoms with van der Waals surface area (Å²) in [5, 5.41) is 3.69. The van der Waals surface area contributed by atoms with Crippen molar-refractivity contribution in [3.8, 4) is 11.4 Å². The molecular weight excluding hydrogens is 386 g/mol. The maximum Gasteiger partial charge on any atom is 0.266 e. The van der Waals surface area contributed by atoms with Crippen LogP contribution in [0.25, 0.3) is 16.6 Å². The summed E-state index contributed by atoms with van der Waals surface area (Å²) in [7, 11) is 0. The lowest BCUT2D eigenvalue weighted by Crippen LogP contribution is -2.33. The lowest BCUT2D eigenvalue weighted by molar-refractivity contribution is -0.120. The Morgan fingerprint density at radius 3 is 2.66 bits per heavy atom. The van der Waals surface area contributed by atoms with Gasteiger partial charge in [0.05, 0.1) is 28.4 Å². The highest BCUT2D eigenvalue weighted by Gasteiger charge is 2.27. The summed E-state index contributed by atoms with van der Waals surface area (Å²) in [6, 6.07) is 14.9. The minimum absolute atomic E-state index is 0.0295. The van der Waals surface area contributed by atoms with E-state index in [4.69, 9.17) is 9.72 Å². The topological polar surface area (TPSA) is 73.2 Å². The molecule has 2 aromatic carbocycles. The van der Waals surface area contributed by atoms with Crippen LogP contribution in [0.1, 0.15) is 26.7 Å². The lowest BCUT2D eigenvalue weighted by Gasteiger charge is -2.16. The number of benzene rings is 2. The number of aromatic nitrogens is 2. The molecule has 29 heavy (non-hydrogen) atoms. The smallest absolute Gasteiger partial charge is 0.266 e. The standard InChI is InChI=1S/C22H23N3O3S/c1-3-28-17-12-10-16(11-13-17)25-21(27)18-6-4-5-7-19(18)24-22(25)29-14(2)20(26)23-15-8-9-15/h4-7,10-15H,3,8-9H2,1-2H3,(H,23,26). The molecule has 0 saturated heterocycles. The predicted molar refractivity (Wildman–Crippen MR) is 115 cm³/mol. The Morgan fingerprint density at radius 2 is 1.97 bits per heavy atom. The SMILES string of the molecule is CCOc1ccc(-n2c(SC(C)C(=O)NC3CC3)nc3ccccc3c2=O)cc1. The van der Waals surface area contributed by atoms with Crippen molar-refractivity contribution in [2.45, 2.75) is 43.1 Å². The first-order valence-electron chi connectivity index (χ1n) is 9.79. The van der Waals surface area contributed by atoms with Crippen molar-refractivity contribution in [3.63, 3.8) is 0 Å². The largest absolute Gasteiger partial charge is 0.494 e. The molecule has 0 aliphatic heterocycles. The molecule has 7 heteroatoms. The quantitative estimate of drug-likeness (QED) is 0.477. The number of rotatable bonds is 7. The summed E-state index contributed by atoms with van der Waals surface area (Å²) in [5.74, 6) is 0.711. The van der Waals surface area contributed by atoms with Crippen LogP contribution in [0.2, 0.25) is 0 Å². The predicted octanol–water partition coefficient (Wildman–Crippen LogP) is 3.54. The molecule has 1 aromatic heterocycles. The third-order valence-corrected chi connectivity index (χ3v) is 5.78. The molecular formula is C22H23N3O3S. The van der Waals surface area contributed by atoms with Gasteiger partial charge in [-0.05, 0) is 63.1 Å². The third kappa shape index (κ3) is 4.29. The molecule has 1 fully saturated rings. The fraction of sp³-hybridized carbons (Fsp3) is 0.318. The Balaban J connectivity index is 1.75. The molecule has 3 aromatic rings. The van der Waals surface area contributed by atoms with E-state index in [2.05, 4.69) is 5.32 Å². The monoisotopic (exact) mass is 409 g/mol. The number of thioether (sulfide) groups is 1. The molecule has 4 rings (SSSR count). The van der Waals surface area contributed by atoms with Crippen molar-refractivity contribution in [1.82, 2.24) is 14.9 Å². The first-order valence-corrected chi connectivity index (χ1v) is 10.7. The Kier molecular flexibility index (Phi) is 5.58. The van der Waals surface area contributed by atoms with Crippen molar-refractivity contribution in [3.05, 3.63) is 58.9 Å². The number of amides is 1. The zero-order valence-corrected chi connectivity index (χ0v) is 17.2. The average molecular weight is 410 g/mol. The molecule has 0 radical (unpaired) electrons. The van der Waals surface area contributed by atoms with E-state index in [9.17, 15) is 9.59 Å². The van der Waals surface area contributed by atoms with Gasteiger partial charge in [0.15, 0.2) is 5.16 Å². The van der Waals surface area contributed by atoms with Crippen LogP contribution in [0.3, 0.4) is 0 Å². The second-order valence-electron chi connectivity index (χ2n) is 7.02. The number of hydrogen-bond donors (Lipinski definition) is 1. The number of nitrogens with zero attached hydrogens (tertiary/aromatic N) is 2. The number of hydrogen-bond acceptors (Lipinski definition) is 5. The molecule has 1 atom stereocenters. The Morgan fingerprint density at radius 1 is 1.24 bits per heavy atom. The van der Waals surface area contributed by atoms with E-state index in [-0.39, 0.29) is 16.7 Å². The van der Waals surface area contributed by atoms with E-state index < -0.39 is 0 Å². The van der Waals surface area contributed by atoms with Gasteiger partial charge in [0.1, 0.15) is 5.75 Å². The molecule has 1 amide bonds. The van der Waals surface area contributed by atoms with Gasteiger partial charge in [-0.25, -0.2) is 4.98 Å². The Bertz CT molecular complexity index is 1090. The van der Waals surface area contributed by atoms with Crippen LogP contribution < -0.4 is 15.6 Å². The molecule has 0 bridgehead atoms. The highest BCUT2D eigenvalue weighted by atomic mass is 32.2. The van der Waals surface area contributed by atoms with Gasteiger partial charge >= 0.3 is 0 Å². The number of ether oxygens (including phenoxy) is 1. The normalized spacial score (nSPS) is 14.6. The van der Waals surface area contributed by atoms with Crippen LogP contribution >= 0.6 is 11.8 Å². The molecule has 1 saturated carbocycles. The summed E-state index contributed by atoms with van der Waals surface area (Å²) in [6.07, 6.45) is 2.07. The van der Waals surface area contributed by atoms with Crippen molar-refractivity contribution >= 4 is 28.6 Å². The van der Waals surface area contributed by atoms with E-state index in [0.717, 1.165) is 18.6 Å². The van der Waals surface area contributed by atoms with Crippen molar-refractivity contribution in [2.75, 3.05) is 6.61 Å². The molecule has 1 aliphatic carbocycles. The van der Waals surface area contributed by atoms with Gasteiger partial charge in [0.25, 0.3) is 5.56 Å². The number of carbonyl (C=O) groups excluding carboxylic acids is 1. The minimum atomic E-state index is -0.363. The van der Waals surface area contributed by atoms with Gasteiger partial charge in [-0.1, -0.05) is 23.9 Å². The molecule has 1 N–H and O–H groups in total. The first kappa shape index (κ1) is 19.5. The molecule has 1 aliphatic rings. The fourth-order valence-electron chi connectivity index (χ4n) is 3.04. The van der Waals surface area contributed by atoms with Gasteiger partial charge in [0, 0.05) is 6.04 Å². The van der Waals surface area contributed by atoms with E-state index >= 15 is 0 Å². The van der Waals surface area contributed by atoms with Gasteiger partial charge in [0.2, 0.25) is 5.91 Å². The van der Waals surface area contributed by atoms with E-state index in [1.807, 2.05) is 56.3 Å². The maximum atomic E-state index is 13.3. The third-order valence-electron chi connectivity index (χ3n) is 4.73. The molecule has 1 heterocycles. The Labute approximate surface area is 173 Å². The van der Waals surface area contributed by atoms with Gasteiger partial charge < -0.3 is 10.1 Å². The van der Waals surface area contributed by atoms with Crippen LogP contribution in [0.4, 0.5) is 0 Å². The van der Waals surface area contributed by atoms with Crippen LogP contribution in [0.15, 0.2) is 58.5 Å². The van der Waals surface area contributed by atoms with Crippen molar-refractivity contribution < 1.29 is 9.53 Å². The molecule has 6 nitrogen and oxygen atoms in total. The molecule has 150 valence electrons. The van der Waals surface area contributed by atoms with E-state index in [1.54, 1.807) is 10.6 Å².